The molecule has 1 heterocycles. The second-order valence-electron chi connectivity index (χ2n) is 6.88. The summed E-state index contributed by atoms with van der Waals surface area (Å²) in [5.74, 6) is 0. The Kier molecular flexibility index (Phi) is 7.15. The fourth-order valence-electron chi connectivity index (χ4n) is 2.99. The Labute approximate surface area is 181 Å². The van der Waals surface area contributed by atoms with Crippen LogP contribution in [0.3, 0.4) is 0 Å². The number of carbonyl (C=O) groups excluding carboxylic acids is 1. The van der Waals surface area contributed by atoms with Gasteiger partial charge >= 0.3 is 6.03 Å². The van der Waals surface area contributed by atoms with E-state index in [0.29, 0.717) is 30.2 Å². The Bertz CT molecular complexity index is 1150. The van der Waals surface area contributed by atoms with Gasteiger partial charge in [-0.1, -0.05) is 24.3 Å². The summed E-state index contributed by atoms with van der Waals surface area (Å²) in [6, 6.07) is 12.1. The number of morpholine rings is 1. The van der Waals surface area contributed by atoms with E-state index in [9.17, 15) is 21.6 Å². The molecular weight excluding hydrogens is 444 g/mol. The van der Waals surface area contributed by atoms with E-state index in [1.807, 2.05) is 0 Å². The molecule has 0 bridgehead atoms. The molecule has 3 N–H and O–H groups in total. The van der Waals surface area contributed by atoms with Crippen LogP contribution in [0.4, 0.5) is 16.2 Å². The predicted molar refractivity (Wildman–Crippen MR) is 117 cm³/mol. The Morgan fingerprint density at radius 1 is 1.03 bits per heavy atom. The number of benzene rings is 2. The smallest absolute Gasteiger partial charge is 0.319 e. The quantitative estimate of drug-likeness (QED) is 0.562. The van der Waals surface area contributed by atoms with Gasteiger partial charge in [0.05, 0.1) is 30.1 Å². The molecule has 12 heteroatoms. The monoisotopic (exact) mass is 468 g/mol. The summed E-state index contributed by atoms with van der Waals surface area (Å²) in [5, 5.41) is 5.23. The molecule has 2 amide bonds. The van der Waals surface area contributed by atoms with E-state index in [-0.39, 0.29) is 24.5 Å². The van der Waals surface area contributed by atoms with E-state index in [0.717, 1.165) is 6.26 Å². The first-order valence-corrected chi connectivity index (χ1v) is 12.8. The maximum atomic E-state index is 12.8. The highest BCUT2D eigenvalue weighted by atomic mass is 32.2. The Morgan fingerprint density at radius 3 is 2.45 bits per heavy atom. The van der Waals surface area contributed by atoms with Crippen LogP contribution < -0.4 is 15.4 Å². The summed E-state index contributed by atoms with van der Waals surface area (Å²) in [6.45, 7) is 1.31. The van der Waals surface area contributed by atoms with Gasteiger partial charge in [-0.05, 0) is 29.8 Å². The Balaban J connectivity index is 1.65. The van der Waals surface area contributed by atoms with Crippen molar-refractivity contribution in [1.82, 2.24) is 9.62 Å². The lowest BCUT2D eigenvalue weighted by atomic mass is 10.2. The van der Waals surface area contributed by atoms with Gasteiger partial charge in [-0.25, -0.2) is 21.6 Å². The number of sulfonamides is 2. The SMILES string of the molecule is CS(=O)(=O)Nc1ccccc1CNC(=O)Nc1cccc(S(=O)(=O)N2CCOCC2)c1. The molecule has 2 aromatic carbocycles. The average Bonchev–Trinajstić information content (AvgIpc) is 2.73. The van der Waals surface area contributed by atoms with Gasteiger partial charge < -0.3 is 15.4 Å². The highest BCUT2D eigenvalue weighted by Gasteiger charge is 2.26. The van der Waals surface area contributed by atoms with E-state index in [4.69, 9.17) is 4.74 Å². The summed E-state index contributed by atoms with van der Waals surface area (Å²) in [6.07, 6.45) is 1.04. The number of anilines is 2. The van der Waals surface area contributed by atoms with Crippen LogP contribution in [0.15, 0.2) is 53.4 Å². The van der Waals surface area contributed by atoms with Crippen LogP contribution in [0.2, 0.25) is 0 Å². The first-order valence-electron chi connectivity index (χ1n) is 9.44. The first kappa shape index (κ1) is 23.0. The number of rotatable bonds is 7. The van der Waals surface area contributed by atoms with Crippen LogP contribution in [0, 0.1) is 0 Å². The van der Waals surface area contributed by atoms with Gasteiger partial charge in [0.25, 0.3) is 0 Å². The van der Waals surface area contributed by atoms with Gasteiger partial charge in [-0.15, -0.1) is 0 Å². The van der Waals surface area contributed by atoms with Crippen LogP contribution in [0.5, 0.6) is 0 Å². The minimum absolute atomic E-state index is 0.0658. The minimum atomic E-state index is -3.68. The maximum Gasteiger partial charge on any atom is 0.319 e. The normalized spacial score (nSPS) is 15.3. The van der Waals surface area contributed by atoms with Crippen molar-refractivity contribution >= 4 is 37.5 Å². The Hall–Kier alpha value is -2.67. The van der Waals surface area contributed by atoms with E-state index in [1.54, 1.807) is 36.4 Å². The van der Waals surface area contributed by atoms with E-state index in [1.165, 1.54) is 16.4 Å². The molecule has 0 aromatic heterocycles. The number of urea groups is 1. The average molecular weight is 469 g/mol. The van der Waals surface area contributed by atoms with Gasteiger partial charge in [-0.3, -0.25) is 4.72 Å². The van der Waals surface area contributed by atoms with Crippen molar-refractivity contribution in [3.05, 3.63) is 54.1 Å². The van der Waals surface area contributed by atoms with Crippen LogP contribution in [0.1, 0.15) is 5.56 Å². The fraction of sp³-hybridized carbons (Fsp3) is 0.316. The van der Waals surface area contributed by atoms with Crippen LogP contribution >= 0.6 is 0 Å². The van der Waals surface area contributed by atoms with Crippen molar-refractivity contribution in [2.24, 2.45) is 0 Å². The third kappa shape index (κ3) is 6.40. The zero-order valence-corrected chi connectivity index (χ0v) is 18.5. The summed E-state index contributed by atoms with van der Waals surface area (Å²) in [5.41, 5.74) is 1.25. The molecule has 1 saturated heterocycles. The van der Waals surface area contributed by atoms with Gasteiger partial charge in [-0.2, -0.15) is 4.31 Å². The van der Waals surface area contributed by atoms with Crippen molar-refractivity contribution in [2.45, 2.75) is 11.4 Å². The molecule has 1 aliphatic rings. The van der Waals surface area contributed by atoms with Crippen LogP contribution in [-0.2, 0) is 31.3 Å². The largest absolute Gasteiger partial charge is 0.379 e. The van der Waals surface area contributed by atoms with E-state index < -0.39 is 26.1 Å². The second-order valence-corrected chi connectivity index (χ2v) is 10.6. The van der Waals surface area contributed by atoms with Crippen molar-refractivity contribution in [1.29, 1.82) is 0 Å². The van der Waals surface area contributed by atoms with Crippen LogP contribution in [-0.4, -0.2) is 59.7 Å². The topological polar surface area (TPSA) is 134 Å². The van der Waals surface area contributed by atoms with E-state index in [2.05, 4.69) is 15.4 Å². The summed E-state index contributed by atoms with van der Waals surface area (Å²) in [7, 11) is -7.14. The number of nitrogens with zero attached hydrogens (tertiary/aromatic N) is 1. The highest BCUT2D eigenvalue weighted by molar-refractivity contribution is 7.92. The highest BCUT2D eigenvalue weighted by Crippen LogP contribution is 2.21. The molecule has 0 atom stereocenters. The second kappa shape index (κ2) is 9.64. The fourth-order valence-corrected chi connectivity index (χ4v) is 5.05. The van der Waals surface area contributed by atoms with Crippen molar-refractivity contribution < 1.29 is 26.4 Å². The number of hydrogen-bond donors (Lipinski definition) is 3. The van der Waals surface area contributed by atoms with Gasteiger partial charge in [0.2, 0.25) is 20.0 Å². The lowest BCUT2D eigenvalue weighted by Crippen LogP contribution is -2.40. The van der Waals surface area contributed by atoms with Gasteiger partial charge in [0.1, 0.15) is 0 Å². The molecule has 31 heavy (non-hydrogen) atoms. The number of ether oxygens (including phenoxy) is 1. The third-order valence-corrected chi connectivity index (χ3v) is 6.94. The lowest BCUT2D eigenvalue weighted by molar-refractivity contribution is 0.0730. The third-order valence-electron chi connectivity index (χ3n) is 4.45. The maximum absolute atomic E-state index is 12.8. The van der Waals surface area contributed by atoms with Gasteiger partial charge in [0, 0.05) is 25.3 Å². The van der Waals surface area contributed by atoms with Crippen molar-refractivity contribution in [2.75, 3.05) is 42.6 Å². The van der Waals surface area contributed by atoms with Gasteiger partial charge in [0.15, 0.2) is 0 Å². The number of nitrogens with one attached hydrogen (secondary N) is 3. The molecular formula is C19H24N4O6S2. The number of amides is 2. The molecule has 0 unspecified atom stereocenters. The molecule has 1 aliphatic heterocycles. The number of hydrogen-bond acceptors (Lipinski definition) is 6. The molecule has 10 nitrogen and oxygen atoms in total. The number of para-hydroxylation sites is 1. The predicted octanol–water partition coefficient (Wildman–Crippen LogP) is 1.40. The molecule has 0 spiro atoms. The summed E-state index contributed by atoms with van der Waals surface area (Å²) >= 11 is 0. The van der Waals surface area contributed by atoms with Crippen LogP contribution in [0.25, 0.3) is 0 Å². The molecule has 168 valence electrons. The van der Waals surface area contributed by atoms with Crippen molar-refractivity contribution in [3.63, 3.8) is 0 Å². The zero-order chi connectivity index (χ0) is 22.5. The molecule has 3 rings (SSSR count). The number of carbonyl (C=O) groups is 1. The molecule has 0 radical (unpaired) electrons. The minimum Gasteiger partial charge on any atom is -0.379 e. The van der Waals surface area contributed by atoms with E-state index >= 15 is 0 Å². The molecule has 0 saturated carbocycles. The Morgan fingerprint density at radius 2 is 1.74 bits per heavy atom. The summed E-state index contributed by atoms with van der Waals surface area (Å²) in [4.78, 5) is 12.4. The zero-order valence-electron chi connectivity index (χ0n) is 16.9. The molecule has 1 fully saturated rings. The standard InChI is InChI=1S/C19H24N4O6S2/c1-30(25,26)22-18-8-3-2-5-15(18)14-20-19(24)21-16-6-4-7-17(13-16)31(27,28)23-9-11-29-12-10-23/h2-8,13,22H,9-12,14H2,1H3,(H2,20,21,24). The van der Waals surface area contributed by atoms with Crippen molar-refractivity contribution in [3.8, 4) is 0 Å². The molecule has 2 aromatic rings. The molecule has 0 aliphatic carbocycles. The first-order chi connectivity index (χ1) is 14.6. The lowest BCUT2D eigenvalue weighted by Gasteiger charge is -2.26. The summed E-state index contributed by atoms with van der Waals surface area (Å²) < 4.78 is 57.5.